The first-order valence-electron chi connectivity index (χ1n) is 6.96. The summed E-state index contributed by atoms with van der Waals surface area (Å²) in [5.41, 5.74) is 0. The van der Waals surface area contributed by atoms with E-state index in [-0.39, 0.29) is 11.8 Å². The van der Waals surface area contributed by atoms with Crippen molar-refractivity contribution in [2.45, 2.75) is 44.6 Å². The number of carbonyl (C=O) groups is 1. The van der Waals surface area contributed by atoms with Crippen molar-refractivity contribution < 1.29 is 9.53 Å². The Bertz CT molecular complexity index is 234. The van der Waals surface area contributed by atoms with E-state index < -0.39 is 0 Å². The monoisotopic (exact) mass is 240 g/mol. The molecule has 0 radical (unpaired) electrons. The molecule has 1 saturated heterocycles. The predicted octanol–water partition coefficient (Wildman–Crippen LogP) is 1.06. The van der Waals surface area contributed by atoms with Crippen LogP contribution in [0.15, 0.2) is 0 Å². The fourth-order valence-corrected chi connectivity index (χ4v) is 2.67. The lowest BCUT2D eigenvalue weighted by Crippen LogP contribution is -2.41. The Hall–Kier alpha value is -0.610. The molecule has 1 atom stereocenters. The zero-order valence-corrected chi connectivity index (χ0v) is 10.5. The van der Waals surface area contributed by atoms with Crippen molar-refractivity contribution in [3.05, 3.63) is 0 Å². The highest BCUT2D eigenvalue weighted by atomic mass is 16.5. The van der Waals surface area contributed by atoms with Gasteiger partial charge in [-0.25, -0.2) is 0 Å². The average Bonchev–Trinajstić information content (AvgIpc) is 2.88. The number of amides is 1. The molecule has 98 valence electrons. The first-order valence-corrected chi connectivity index (χ1v) is 6.96. The van der Waals surface area contributed by atoms with Gasteiger partial charge in [-0.2, -0.15) is 0 Å². The van der Waals surface area contributed by atoms with Crippen molar-refractivity contribution in [2.75, 3.05) is 26.2 Å². The number of carbonyl (C=O) groups excluding carboxylic acids is 1. The van der Waals surface area contributed by atoms with Crippen LogP contribution in [0.4, 0.5) is 0 Å². The van der Waals surface area contributed by atoms with Gasteiger partial charge in [-0.15, -0.1) is 0 Å². The SMILES string of the molecule is O=C(NCCOC1CCCC1)[C@@H]1CCCNC1. The lowest BCUT2D eigenvalue weighted by Gasteiger charge is -2.22. The van der Waals surface area contributed by atoms with Gasteiger partial charge in [-0.05, 0) is 32.2 Å². The highest BCUT2D eigenvalue weighted by Crippen LogP contribution is 2.20. The van der Waals surface area contributed by atoms with Crippen molar-refractivity contribution in [3.63, 3.8) is 0 Å². The van der Waals surface area contributed by atoms with Crippen LogP contribution in [0.25, 0.3) is 0 Å². The maximum Gasteiger partial charge on any atom is 0.224 e. The predicted molar refractivity (Wildman–Crippen MR) is 66.8 cm³/mol. The third-order valence-electron chi connectivity index (χ3n) is 3.72. The van der Waals surface area contributed by atoms with Crippen LogP contribution in [-0.2, 0) is 9.53 Å². The molecule has 2 rings (SSSR count). The molecule has 1 saturated carbocycles. The largest absolute Gasteiger partial charge is 0.376 e. The van der Waals surface area contributed by atoms with Crippen LogP contribution in [0, 0.1) is 5.92 Å². The maximum absolute atomic E-state index is 11.8. The molecule has 2 aliphatic rings. The Labute approximate surface area is 103 Å². The van der Waals surface area contributed by atoms with E-state index in [1.807, 2.05) is 0 Å². The molecular formula is C13H24N2O2. The van der Waals surface area contributed by atoms with Gasteiger partial charge in [0.25, 0.3) is 0 Å². The molecule has 4 heteroatoms. The fourth-order valence-electron chi connectivity index (χ4n) is 2.67. The minimum atomic E-state index is 0.162. The summed E-state index contributed by atoms with van der Waals surface area (Å²) in [6, 6.07) is 0. The van der Waals surface area contributed by atoms with Crippen molar-refractivity contribution in [1.29, 1.82) is 0 Å². The topological polar surface area (TPSA) is 50.4 Å². The summed E-state index contributed by atoms with van der Waals surface area (Å²) in [7, 11) is 0. The molecule has 2 N–H and O–H groups in total. The minimum absolute atomic E-state index is 0.162. The Kier molecular flexibility index (Phi) is 5.26. The molecule has 4 nitrogen and oxygen atoms in total. The van der Waals surface area contributed by atoms with Crippen molar-refractivity contribution in [1.82, 2.24) is 10.6 Å². The number of nitrogens with one attached hydrogen (secondary N) is 2. The van der Waals surface area contributed by atoms with Crippen LogP contribution in [0.5, 0.6) is 0 Å². The summed E-state index contributed by atoms with van der Waals surface area (Å²) in [6.45, 7) is 3.20. The molecule has 1 aliphatic carbocycles. The van der Waals surface area contributed by atoms with Gasteiger partial charge >= 0.3 is 0 Å². The molecule has 2 fully saturated rings. The van der Waals surface area contributed by atoms with Crippen LogP contribution in [0.3, 0.4) is 0 Å². The third-order valence-corrected chi connectivity index (χ3v) is 3.72. The Morgan fingerprint density at radius 2 is 2.06 bits per heavy atom. The van der Waals surface area contributed by atoms with Gasteiger partial charge in [0.05, 0.1) is 18.6 Å². The van der Waals surface area contributed by atoms with Gasteiger partial charge in [-0.3, -0.25) is 4.79 Å². The molecule has 0 spiro atoms. The van der Waals surface area contributed by atoms with Crippen LogP contribution in [0.1, 0.15) is 38.5 Å². The first kappa shape index (κ1) is 12.8. The highest BCUT2D eigenvalue weighted by Gasteiger charge is 2.20. The normalized spacial score (nSPS) is 26.0. The van der Waals surface area contributed by atoms with Crippen molar-refractivity contribution >= 4 is 5.91 Å². The quantitative estimate of drug-likeness (QED) is 0.707. The number of hydrogen-bond donors (Lipinski definition) is 2. The summed E-state index contributed by atoms with van der Waals surface area (Å²) >= 11 is 0. The zero-order chi connectivity index (χ0) is 11.9. The summed E-state index contributed by atoms with van der Waals surface area (Å²) in [5.74, 6) is 0.349. The number of rotatable bonds is 5. The van der Waals surface area contributed by atoms with Gasteiger partial charge in [0, 0.05) is 13.1 Å². The van der Waals surface area contributed by atoms with E-state index in [2.05, 4.69) is 10.6 Å². The summed E-state index contributed by atoms with van der Waals surface area (Å²) < 4.78 is 5.71. The number of ether oxygens (including phenoxy) is 1. The van der Waals surface area contributed by atoms with Crippen LogP contribution in [-0.4, -0.2) is 38.3 Å². The van der Waals surface area contributed by atoms with Gasteiger partial charge in [0.2, 0.25) is 5.91 Å². The van der Waals surface area contributed by atoms with E-state index in [4.69, 9.17) is 4.74 Å². The minimum Gasteiger partial charge on any atom is -0.376 e. The number of hydrogen-bond acceptors (Lipinski definition) is 3. The van der Waals surface area contributed by atoms with Crippen molar-refractivity contribution in [2.24, 2.45) is 5.92 Å². The average molecular weight is 240 g/mol. The van der Waals surface area contributed by atoms with Gasteiger partial charge in [-0.1, -0.05) is 12.8 Å². The van der Waals surface area contributed by atoms with Gasteiger partial charge in [0.1, 0.15) is 0 Å². The standard InChI is InChI=1S/C13H24N2O2/c16-13(11-4-3-7-14-10-11)15-8-9-17-12-5-1-2-6-12/h11-12,14H,1-10H2,(H,15,16)/t11-/m1/s1. The molecule has 1 heterocycles. The maximum atomic E-state index is 11.8. The number of piperidine rings is 1. The summed E-state index contributed by atoms with van der Waals surface area (Å²) in [6.07, 6.45) is 7.55. The molecule has 1 aliphatic heterocycles. The molecule has 0 aromatic carbocycles. The van der Waals surface area contributed by atoms with E-state index in [0.717, 1.165) is 25.9 Å². The molecule has 0 bridgehead atoms. The Balaban J connectivity index is 1.53. The second-order valence-corrected chi connectivity index (χ2v) is 5.11. The van der Waals surface area contributed by atoms with E-state index in [9.17, 15) is 4.79 Å². The molecule has 1 amide bonds. The molecule has 0 unspecified atom stereocenters. The summed E-state index contributed by atoms with van der Waals surface area (Å²) in [5, 5.41) is 6.23. The second-order valence-electron chi connectivity index (χ2n) is 5.11. The van der Waals surface area contributed by atoms with Crippen LogP contribution in [0.2, 0.25) is 0 Å². The first-order chi connectivity index (χ1) is 8.36. The lowest BCUT2D eigenvalue weighted by atomic mass is 9.99. The second kappa shape index (κ2) is 6.97. The molecule has 0 aromatic rings. The Morgan fingerprint density at radius 1 is 1.24 bits per heavy atom. The molecule has 0 aromatic heterocycles. The Morgan fingerprint density at radius 3 is 2.76 bits per heavy atom. The third kappa shape index (κ3) is 4.28. The highest BCUT2D eigenvalue weighted by molar-refractivity contribution is 5.78. The van der Waals surface area contributed by atoms with Crippen LogP contribution < -0.4 is 10.6 Å². The zero-order valence-electron chi connectivity index (χ0n) is 10.5. The van der Waals surface area contributed by atoms with E-state index in [1.165, 1.54) is 25.7 Å². The van der Waals surface area contributed by atoms with Crippen LogP contribution >= 0.6 is 0 Å². The van der Waals surface area contributed by atoms with Crippen molar-refractivity contribution in [3.8, 4) is 0 Å². The fraction of sp³-hybridized carbons (Fsp3) is 0.923. The lowest BCUT2D eigenvalue weighted by molar-refractivity contribution is -0.125. The van der Waals surface area contributed by atoms with Gasteiger partial charge in [0.15, 0.2) is 0 Å². The van der Waals surface area contributed by atoms with E-state index in [1.54, 1.807) is 0 Å². The van der Waals surface area contributed by atoms with E-state index >= 15 is 0 Å². The molecular weight excluding hydrogens is 216 g/mol. The summed E-state index contributed by atoms with van der Waals surface area (Å²) in [4.78, 5) is 11.8. The smallest absolute Gasteiger partial charge is 0.224 e. The molecule has 17 heavy (non-hydrogen) atoms. The van der Waals surface area contributed by atoms with Gasteiger partial charge < -0.3 is 15.4 Å². The van der Waals surface area contributed by atoms with E-state index in [0.29, 0.717) is 19.3 Å².